The van der Waals surface area contributed by atoms with Gasteiger partial charge in [-0.25, -0.2) is 14.2 Å². The van der Waals surface area contributed by atoms with Gasteiger partial charge >= 0.3 is 0 Å². The molecule has 0 radical (unpaired) electrons. The van der Waals surface area contributed by atoms with Gasteiger partial charge in [-0.1, -0.05) is 5.21 Å². The maximum Gasteiger partial charge on any atom is 0.272 e. The van der Waals surface area contributed by atoms with Crippen molar-refractivity contribution in [1.29, 1.82) is 0 Å². The highest BCUT2D eigenvalue weighted by Crippen LogP contribution is 2.31. The zero-order valence-electron chi connectivity index (χ0n) is 14.7. The van der Waals surface area contributed by atoms with Gasteiger partial charge in [0.15, 0.2) is 5.65 Å². The number of carbonyl (C=O) groups is 1. The number of aromatic nitrogens is 6. The van der Waals surface area contributed by atoms with Gasteiger partial charge in [0.25, 0.3) is 5.91 Å². The average molecular weight is 353 g/mol. The van der Waals surface area contributed by atoms with Crippen molar-refractivity contribution in [3.05, 3.63) is 41.1 Å². The number of fused-ring (bicyclic) bond motifs is 4. The number of aryl methyl sites for hydroxylation is 2. The van der Waals surface area contributed by atoms with Crippen LogP contribution in [0, 0.1) is 13.8 Å². The third-order valence-electron chi connectivity index (χ3n) is 5.17. The van der Waals surface area contributed by atoms with Gasteiger partial charge in [-0.15, -0.1) is 5.10 Å². The van der Waals surface area contributed by atoms with E-state index in [2.05, 4.69) is 20.4 Å². The molecular weight excluding hydrogens is 334 g/mol. The van der Waals surface area contributed by atoms with Crippen molar-refractivity contribution in [3.8, 4) is 0 Å². The van der Waals surface area contributed by atoms with Crippen molar-refractivity contribution in [2.75, 3.05) is 13.1 Å². The lowest BCUT2D eigenvalue weighted by molar-refractivity contribution is -0.0628. The Bertz CT molecular complexity index is 1010. The number of hydrogen-bond donors (Lipinski definition) is 0. The van der Waals surface area contributed by atoms with Crippen molar-refractivity contribution >= 4 is 11.6 Å². The van der Waals surface area contributed by atoms with Gasteiger partial charge in [-0.05, 0) is 26.3 Å². The Balaban J connectivity index is 1.40. The van der Waals surface area contributed by atoms with Gasteiger partial charge < -0.3 is 9.64 Å². The first kappa shape index (κ1) is 15.4. The van der Waals surface area contributed by atoms with E-state index in [1.807, 2.05) is 29.5 Å². The van der Waals surface area contributed by atoms with Crippen LogP contribution in [-0.4, -0.2) is 59.6 Å². The Morgan fingerprint density at radius 1 is 1.31 bits per heavy atom. The molecule has 0 saturated carbocycles. The van der Waals surface area contributed by atoms with Crippen molar-refractivity contribution in [1.82, 2.24) is 34.5 Å². The fourth-order valence-electron chi connectivity index (χ4n) is 3.88. The standard InChI is InChI=1S/C17H19N7O2/c1-10-5-16-19-13(6-11(2)23(16)20-10)17(25)22-4-3-14-15(8-22)26-9-12-7-18-21-24(12)14/h5-7,14-15H,3-4,8-9H2,1-2H3/t14-,15-/m0/s1. The molecule has 2 aliphatic rings. The molecule has 9 nitrogen and oxygen atoms in total. The second-order valence-corrected chi connectivity index (χ2v) is 6.97. The van der Waals surface area contributed by atoms with Crippen LogP contribution in [0.5, 0.6) is 0 Å². The van der Waals surface area contributed by atoms with Crippen LogP contribution in [0.2, 0.25) is 0 Å². The Hall–Kier alpha value is -2.81. The minimum absolute atomic E-state index is 0.0658. The third kappa shape index (κ3) is 2.31. The highest BCUT2D eigenvalue weighted by Gasteiger charge is 2.38. The number of ether oxygens (including phenoxy) is 1. The Morgan fingerprint density at radius 2 is 2.19 bits per heavy atom. The minimum atomic E-state index is -0.0686. The molecule has 1 amide bonds. The number of rotatable bonds is 1. The molecule has 1 fully saturated rings. The highest BCUT2D eigenvalue weighted by molar-refractivity contribution is 5.93. The number of carbonyl (C=O) groups excluding carboxylic acids is 1. The molecule has 0 bridgehead atoms. The average Bonchev–Trinajstić information content (AvgIpc) is 3.26. The van der Waals surface area contributed by atoms with Crippen LogP contribution in [0.3, 0.4) is 0 Å². The molecule has 0 aromatic carbocycles. The molecule has 26 heavy (non-hydrogen) atoms. The minimum Gasteiger partial charge on any atom is -0.368 e. The van der Waals surface area contributed by atoms with Gasteiger partial charge in [0.1, 0.15) is 5.69 Å². The Kier molecular flexibility index (Phi) is 3.33. The SMILES string of the molecule is Cc1cc2nc(C(=O)N3CC[C@H]4[C@H](C3)OCc3cnnn34)cc(C)n2n1. The van der Waals surface area contributed by atoms with Crippen molar-refractivity contribution < 1.29 is 9.53 Å². The molecule has 2 atom stereocenters. The first-order chi connectivity index (χ1) is 12.6. The topological polar surface area (TPSA) is 90.4 Å². The number of hydrogen-bond acceptors (Lipinski definition) is 6. The van der Waals surface area contributed by atoms with Gasteiger partial charge in [0, 0.05) is 24.8 Å². The van der Waals surface area contributed by atoms with Crippen LogP contribution >= 0.6 is 0 Å². The van der Waals surface area contributed by atoms with E-state index in [1.54, 1.807) is 16.8 Å². The normalized spacial score (nSPS) is 22.3. The fraction of sp³-hybridized carbons (Fsp3) is 0.471. The van der Waals surface area contributed by atoms with E-state index in [-0.39, 0.29) is 18.1 Å². The van der Waals surface area contributed by atoms with E-state index in [9.17, 15) is 4.79 Å². The van der Waals surface area contributed by atoms with Gasteiger partial charge in [0.05, 0.1) is 36.3 Å². The van der Waals surface area contributed by atoms with Crippen LogP contribution < -0.4 is 0 Å². The van der Waals surface area contributed by atoms with E-state index in [0.717, 1.165) is 23.5 Å². The summed E-state index contributed by atoms with van der Waals surface area (Å²) in [6.45, 7) is 5.51. The van der Waals surface area contributed by atoms with E-state index < -0.39 is 0 Å². The molecule has 9 heteroatoms. The lowest BCUT2D eigenvalue weighted by Crippen LogP contribution is -2.50. The quantitative estimate of drug-likeness (QED) is 0.646. The first-order valence-corrected chi connectivity index (χ1v) is 8.74. The molecule has 0 unspecified atom stereocenters. The summed E-state index contributed by atoms with van der Waals surface area (Å²) in [5.74, 6) is -0.0686. The Morgan fingerprint density at radius 3 is 3.08 bits per heavy atom. The third-order valence-corrected chi connectivity index (χ3v) is 5.17. The van der Waals surface area contributed by atoms with Crippen LogP contribution in [0.25, 0.3) is 5.65 Å². The molecule has 5 rings (SSSR count). The summed E-state index contributed by atoms with van der Waals surface area (Å²) >= 11 is 0. The lowest BCUT2D eigenvalue weighted by atomic mass is 10.00. The molecule has 5 heterocycles. The zero-order valence-corrected chi connectivity index (χ0v) is 14.7. The fourth-order valence-corrected chi connectivity index (χ4v) is 3.88. The predicted octanol–water partition coefficient (Wildman–Crippen LogP) is 0.924. The summed E-state index contributed by atoms with van der Waals surface area (Å²) in [4.78, 5) is 19.3. The maximum absolute atomic E-state index is 13.0. The first-order valence-electron chi connectivity index (χ1n) is 8.74. The highest BCUT2D eigenvalue weighted by atomic mass is 16.5. The largest absolute Gasteiger partial charge is 0.368 e. The van der Waals surface area contributed by atoms with E-state index in [1.165, 1.54) is 0 Å². The molecule has 3 aromatic heterocycles. The van der Waals surface area contributed by atoms with Crippen LogP contribution in [0.4, 0.5) is 0 Å². The summed E-state index contributed by atoms with van der Waals surface area (Å²) in [5.41, 5.74) is 3.91. The van der Waals surface area contributed by atoms with Gasteiger partial charge in [0.2, 0.25) is 0 Å². The molecule has 2 aliphatic heterocycles. The summed E-state index contributed by atoms with van der Waals surface area (Å²) in [6.07, 6.45) is 2.46. The summed E-state index contributed by atoms with van der Waals surface area (Å²) in [5, 5.41) is 12.5. The van der Waals surface area contributed by atoms with Gasteiger partial charge in [-0.2, -0.15) is 5.10 Å². The monoisotopic (exact) mass is 353 g/mol. The zero-order chi connectivity index (χ0) is 17.8. The van der Waals surface area contributed by atoms with Crippen LogP contribution in [0.1, 0.15) is 40.0 Å². The molecular formula is C17H19N7O2. The number of piperidine rings is 1. The molecule has 1 saturated heterocycles. The molecule has 0 spiro atoms. The second-order valence-electron chi connectivity index (χ2n) is 6.97. The second kappa shape index (κ2) is 5.60. The smallest absolute Gasteiger partial charge is 0.272 e. The molecule has 3 aromatic rings. The van der Waals surface area contributed by atoms with Gasteiger partial charge in [-0.3, -0.25) is 4.79 Å². The summed E-state index contributed by atoms with van der Waals surface area (Å²) < 4.78 is 9.65. The molecule has 134 valence electrons. The number of amides is 1. The lowest BCUT2D eigenvalue weighted by Gasteiger charge is -2.40. The number of nitrogens with zero attached hydrogens (tertiary/aromatic N) is 7. The molecule has 0 N–H and O–H groups in total. The van der Waals surface area contributed by atoms with E-state index >= 15 is 0 Å². The predicted molar refractivity (Wildman–Crippen MR) is 90.6 cm³/mol. The maximum atomic E-state index is 13.0. The number of likely N-dealkylation sites (tertiary alicyclic amines) is 1. The van der Waals surface area contributed by atoms with Crippen LogP contribution in [0.15, 0.2) is 18.3 Å². The van der Waals surface area contributed by atoms with E-state index in [0.29, 0.717) is 31.0 Å². The van der Waals surface area contributed by atoms with E-state index in [4.69, 9.17) is 4.74 Å². The van der Waals surface area contributed by atoms with Crippen LogP contribution in [-0.2, 0) is 11.3 Å². The van der Waals surface area contributed by atoms with Crippen molar-refractivity contribution in [2.24, 2.45) is 0 Å². The summed E-state index contributed by atoms with van der Waals surface area (Å²) in [7, 11) is 0. The van der Waals surface area contributed by atoms with Crippen molar-refractivity contribution in [2.45, 2.75) is 39.0 Å². The Labute approximate surface area is 149 Å². The van der Waals surface area contributed by atoms with Crippen molar-refractivity contribution in [3.63, 3.8) is 0 Å². The molecule has 0 aliphatic carbocycles. The summed E-state index contributed by atoms with van der Waals surface area (Å²) in [6, 6.07) is 3.82.